The molecule has 0 aromatic heterocycles. The van der Waals surface area contributed by atoms with Crippen molar-refractivity contribution in [3.63, 3.8) is 0 Å². The fourth-order valence-corrected chi connectivity index (χ4v) is 3.24. The van der Waals surface area contributed by atoms with E-state index in [9.17, 15) is 4.79 Å². The van der Waals surface area contributed by atoms with E-state index in [0.29, 0.717) is 6.54 Å². The molecule has 2 aliphatic rings. The zero-order valence-corrected chi connectivity index (χ0v) is 12.1. The standard InChI is InChI=1S/C16H23N3O/c1-16(10-17)7-9-19(11-16)15(20)13-4-2-6-14-12(13)5-3-8-18-14/h2,4,6,18H,3,5,7-11,17H2,1H3. The van der Waals surface area contributed by atoms with E-state index in [0.717, 1.165) is 50.1 Å². The number of likely N-dealkylation sites (tertiary alicyclic amines) is 1. The first kappa shape index (κ1) is 13.4. The Morgan fingerprint density at radius 3 is 3.10 bits per heavy atom. The molecule has 1 aromatic rings. The number of carbonyl (C=O) groups is 1. The third kappa shape index (κ3) is 2.29. The highest BCUT2D eigenvalue weighted by atomic mass is 16.2. The van der Waals surface area contributed by atoms with Crippen LogP contribution in [0.2, 0.25) is 0 Å². The number of anilines is 1. The van der Waals surface area contributed by atoms with Crippen LogP contribution < -0.4 is 11.1 Å². The van der Waals surface area contributed by atoms with Crippen molar-refractivity contribution in [2.24, 2.45) is 11.1 Å². The Balaban J connectivity index is 1.85. The number of hydrogen-bond donors (Lipinski definition) is 2. The predicted molar refractivity (Wildman–Crippen MR) is 80.9 cm³/mol. The van der Waals surface area contributed by atoms with Crippen molar-refractivity contribution in [1.29, 1.82) is 0 Å². The average molecular weight is 273 g/mol. The lowest BCUT2D eigenvalue weighted by Crippen LogP contribution is -2.35. The van der Waals surface area contributed by atoms with Crippen LogP contribution in [0.5, 0.6) is 0 Å². The van der Waals surface area contributed by atoms with Gasteiger partial charge in [0.15, 0.2) is 0 Å². The summed E-state index contributed by atoms with van der Waals surface area (Å²) >= 11 is 0. The summed E-state index contributed by atoms with van der Waals surface area (Å²) in [6.45, 7) is 5.41. The van der Waals surface area contributed by atoms with Crippen LogP contribution >= 0.6 is 0 Å². The van der Waals surface area contributed by atoms with Gasteiger partial charge in [0.05, 0.1) is 0 Å². The van der Waals surface area contributed by atoms with Crippen molar-refractivity contribution in [3.8, 4) is 0 Å². The van der Waals surface area contributed by atoms with Gasteiger partial charge in [0, 0.05) is 30.9 Å². The number of hydrogen-bond acceptors (Lipinski definition) is 3. The van der Waals surface area contributed by atoms with Gasteiger partial charge >= 0.3 is 0 Å². The second kappa shape index (κ2) is 5.09. The minimum Gasteiger partial charge on any atom is -0.385 e. The van der Waals surface area contributed by atoms with E-state index in [-0.39, 0.29) is 11.3 Å². The quantitative estimate of drug-likeness (QED) is 0.864. The van der Waals surface area contributed by atoms with Crippen LogP contribution in [0.4, 0.5) is 5.69 Å². The van der Waals surface area contributed by atoms with Crippen molar-refractivity contribution >= 4 is 11.6 Å². The van der Waals surface area contributed by atoms with E-state index in [1.807, 2.05) is 17.0 Å². The zero-order valence-electron chi connectivity index (χ0n) is 12.1. The third-order valence-electron chi connectivity index (χ3n) is 4.66. The lowest BCUT2D eigenvalue weighted by Gasteiger charge is -2.25. The van der Waals surface area contributed by atoms with Crippen LogP contribution in [0.15, 0.2) is 18.2 Å². The van der Waals surface area contributed by atoms with Gasteiger partial charge < -0.3 is 16.0 Å². The summed E-state index contributed by atoms with van der Waals surface area (Å²) in [5, 5.41) is 3.39. The monoisotopic (exact) mass is 273 g/mol. The number of rotatable bonds is 2. The lowest BCUT2D eigenvalue weighted by molar-refractivity contribution is 0.0775. The minimum atomic E-state index is 0.0861. The largest absolute Gasteiger partial charge is 0.385 e. The molecule has 4 nitrogen and oxygen atoms in total. The lowest BCUT2D eigenvalue weighted by atomic mass is 9.90. The Bertz CT molecular complexity index is 528. The minimum absolute atomic E-state index is 0.0861. The van der Waals surface area contributed by atoms with Crippen LogP contribution in [0.1, 0.15) is 35.7 Å². The van der Waals surface area contributed by atoms with Crippen LogP contribution in [0.3, 0.4) is 0 Å². The molecule has 1 atom stereocenters. The summed E-state index contributed by atoms with van der Waals surface area (Å²) in [6.07, 6.45) is 3.09. The SMILES string of the molecule is CC1(CN)CCN(C(=O)c2cccc3c2CCCN3)C1. The summed E-state index contributed by atoms with van der Waals surface area (Å²) in [4.78, 5) is 14.7. The molecule has 1 saturated heterocycles. The highest BCUT2D eigenvalue weighted by Gasteiger charge is 2.35. The normalized spacial score (nSPS) is 25.2. The first-order valence-electron chi connectivity index (χ1n) is 7.48. The molecule has 3 N–H and O–H groups in total. The molecule has 1 unspecified atom stereocenters. The highest BCUT2D eigenvalue weighted by molar-refractivity contribution is 5.97. The number of carbonyl (C=O) groups excluding carboxylic acids is 1. The molecule has 0 bridgehead atoms. The van der Waals surface area contributed by atoms with E-state index < -0.39 is 0 Å². The zero-order chi connectivity index (χ0) is 14.2. The van der Waals surface area contributed by atoms with E-state index >= 15 is 0 Å². The van der Waals surface area contributed by atoms with Crippen molar-refractivity contribution in [3.05, 3.63) is 29.3 Å². The summed E-state index contributed by atoms with van der Waals surface area (Å²) in [7, 11) is 0. The van der Waals surface area contributed by atoms with Gasteiger partial charge in [0.25, 0.3) is 5.91 Å². The molecule has 0 aliphatic carbocycles. The molecule has 2 heterocycles. The number of nitrogens with zero attached hydrogens (tertiary/aromatic N) is 1. The molecule has 4 heteroatoms. The molecule has 0 radical (unpaired) electrons. The smallest absolute Gasteiger partial charge is 0.254 e. The van der Waals surface area contributed by atoms with E-state index in [4.69, 9.17) is 5.73 Å². The van der Waals surface area contributed by atoms with Crippen molar-refractivity contribution in [2.45, 2.75) is 26.2 Å². The maximum Gasteiger partial charge on any atom is 0.254 e. The van der Waals surface area contributed by atoms with Crippen LogP contribution in [0, 0.1) is 5.41 Å². The molecule has 1 fully saturated rings. The Kier molecular flexibility index (Phi) is 3.42. The fraction of sp³-hybridized carbons (Fsp3) is 0.562. The van der Waals surface area contributed by atoms with Gasteiger partial charge in [-0.25, -0.2) is 0 Å². The van der Waals surface area contributed by atoms with Gasteiger partial charge in [0.2, 0.25) is 0 Å². The first-order chi connectivity index (χ1) is 9.63. The number of nitrogens with one attached hydrogen (secondary N) is 1. The highest BCUT2D eigenvalue weighted by Crippen LogP contribution is 2.32. The fourth-order valence-electron chi connectivity index (χ4n) is 3.24. The maximum absolute atomic E-state index is 12.8. The summed E-state index contributed by atoms with van der Waals surface area (Å²) in [5.41, 5.74) is 9.10. The third-order valence-corrected chi connectivity index (χ3v) is 4.66. The Hall–Kier alpha value is -1.55. The summed E-state index contributed by atoms with van der Waals surface area (Å²) < 4.78 is 0. The van der Waals surface area contributed by atoms with Gasteiger partial charge in [0.1, 0.15) is 0 Å². The molecule has 0 spiro atoms. The van der Waals surface area contributed by atoms with E-state index in [1.165, 1.54) is 5.56 Å². The van der Waals surface area contributed by atoms with Crippen LogP contribution in [-0.2, 0) is 6.42 Å². The van der Waals surface area contributed by atoms with Gasteiger partial charge in [-0.05, 0) is 48.9 Å². The molecule has 108 valence electrons. The summed E-state index contributed by atoms with van der Waals surface area (Å²) in [5.74, 6) is 0.169. The van der Waals surface area contributed by atoms with E-state index in [2.05, 4.69) is 18.3 Å². The number of fused-ring (bicyclic) bond motifs is 1. The molecule has 0 saturated carbocycles. The van der Waals surface area contributed by atoms with Crippen LogP contribution in [-0.4, -0.2) is 37.0 Å². The van der Waals surface area contributed by atoms with Gasteiger partial charge in [-0.2, -0.15) is 0 Å². The van der Waals surface area contributed by atoms with Gasteiger partial charge in [-0.15, -0.1) is 0 Å². The molecular formula is C16H23N3O. The van der Waals surface area contributed by atoms with Gasteiger partial charge in [-0.3, -0.25) is 4.79 Å². The Morgan fingerprint density at radius 2 is 2.35 bits per heavy atom. The molecule has 2 aliphatic heterocycles. The molecule has 3 rings (SSSR count). The number of benzene rings is 1. The number of amides is 1. The second-order valence-electron chi connectivity index (χ2n) is 6.35. The molecular weight excluding hydrogens is 250 g/mol. The Labute approximate surface area is 120 Å². The van der Waals surface area contributed by atoms with E-state index in [1.54, 1.807) is 0 Å². The van der Waals surface area contributed by atoms with Crippen molar-refractivity contribution < 1.29 is 4.79 Å². The molecule has 20 heavy (non-hydrogen) atoms. The van der Waals surface area contributed by atoms with Gasteiger partial charge in [-0.1, -0.05) is 13.0 Å². The number of nitrogens with two attached hydrogens (primary N) is 1. The Morgan fingerprint density at radius 1 is 1.50 bits per heavy atom. The summed E-state index contributed by atoms with van der Waals surface area (Å²) in [6, 6.07) is 6.01. The average Bonchev–Trinajstić information content (AvgIpc) is 2.89. The first-order valence-corrected chi connectivity index (χ1v) is 7.48. The van der Waals surface area contributed by atoms with Crippen molar-refractivity contribution in [1.82, 2.24) is 4.90 Å². The molecule has 1 amide bonds. The van der Waals surface area contributed by atoms with Crippen molar-refractivity contribution in [2.75, 3.05) is 31.5 Å². The van der Waals surface area contributed by atoms with Crippen LogP contribution in [0.25, 0.3) is 0 Å². The second-order valence-corrected chi connectivity index (χ2v) is 6.35. The maximum atomic E-state index is 12.8. The molecule has 1 aromatic carbocycles. The predicted octanol–water partition coefficient (Wildman–Crippen LogP) is 1.86. The topological polar surface area (TPSA) is 58.4 Å².